The average molecular weight is 180 g/mol. The molecule has 0 aromatic carbocycles. The van der Waals surface area contributed by atoms with Gasteiger partial charge < -0.3 is 10.1 Å². The first kappa shape index (κ1) is 8.75. The van der Waals surface area contributed by atoms with E-state index in [2.05, 4.69) is 9.97 Å². The molecule has 0 spiro atoms. The van der Waals surface area contributed by atoms with Gasteiger partial charge in [-0.3, -0.25) is 0 Å². The van der Waals surface area contributed by atoms with Crippen molar-refractivity contribution in [3.8, 4) is 0 Å². The summed E-state index contributed by atoms with van der Waals surface area (Å²) < 4.78 is 0. The fourth-order valence-electron chi connectivity index (χ4n) is 2.13. The maximum atomic E-state index is 9.78. The van der Waals surface area contributed by atoms with E-state index in [9.17, 15) is 5.11 Å². The highest BCUT2D eigenvalue weighted by molar-refractivity contribution is 4.92. The monoisotopic (exact) mass is 180 g/mol. The normalized spacial score (nSPS) is 20.7. The lowest BCUT2D eigenvalue weighted by atomic mass is 10.00. The highest BCUT2D eigenvalue weighted by Gasteiger charge is 2.20. The van der Waals surface area contributed by atoms with E-state index in [0.717, 1.165) is 6.42 Å². The van der Waals surface area contributed by atoms with E-state index in [-0.39, 0.29) is 0 Å². The molecule has 2 rings (SSSR count). The van der Waals surface area contributed by atoms with Crippen LogP contribution in [0.25, 0.3) is 0 Å². The lowest BCUT2D eigenvalue weighted by Crippen LogP contribution is -2.05. The van der Waals surface area contributed by atoms with Gasteiger partial charge in [0, 0.05) is 12.4 Å². The van der Waals surface area contributed by atoms with Gasteiger partial charge in [0.05, 0.1) is 0 Å². The standard InChI is InChI=1S/C10H16N2O/c13-9(10-11-5-6-12-10)7-8-3-1-2-4-8/h5-6,8-9,13H,1-4,7H2,(H,11,12). The summed E-state index contributed by atoms with van der Waals surface area (Å²) in [6, 6.07) is 0. The van der Waals surface area contributed by atoms with Crippen molar-refractivity contribution in [2.75, 3.05) is 0 Å². The number of aromatic amines is 1. The van der Waals surface area contributed by atoms with E-state index in [4.69, 9.17) is 0 Å². The highest BCUT2D eigenvalue weighted by Crippen LogP contribution is 2.31. The van der Waals surface area contributed by atoms with E-state index < -0.39 is 6.10 Å². The number of nitrogens with one attached hydrogen (secondary N) is 1. The van der Waals surface area contributed by atoms with Crippen LogP contribution < -0.4 is 0 Å². The first-order valence-corrected chi connectivity index (χ1v) is 5.03. The van der Waals surface area contributed by atoms with E-state index in [1.165, 1.54) is 25.7 Å². The van der Waals surface area contributed by atoms with Gasteiger partial charge in [0.1, 0.15) is 11.9 Å². The van der Waals surface area contributed by atoms with Crippen LogP contribution in [-0.2, 0) is 0 Å². The predicted octanol–water partition coefficient (Wildman–Crippen LogP) is 2.02. The van der Waals surface area contributed by atoms with Crippen LogP contribution in [0.3, 0.4) is 0 Å². The van der Waals surface area contributed by atoms with E-state index in [1.807, 2.05) is 0 Å². The third-order valence-electron chi connectivity index (χ3n) is 2.87. The predicted molar refractivity (Wildman–Crippen MR) is 50.1 cm³/mol. The zero-order valence-corrected chi connectivity index (χ0v) is 7.74. The second kappa shape index (κ2) is 3.92. The molecule has 1 heterocycles. The van der Waals surface area contributed by atoms with Crippen LogP contribution in [0.1, 0.15) is 44.0 Å². The molecule has 3 heteroatoms. The van der Waals surface area contributed by atoms with Crippen LogP contribution in [-0.4, -0.2) is 15.1 Å². The summed E-state index contributed by atoms with van der Waals surface area (Å²) in [6.45, 7) is 0. The van der Waals surface area contributed by atoms with Crippen LogP contribution in [0.4, 0.5) is 0 Å². The number of aliphatic hydroxyl groups excluding tert-OH is 1. The third-order valence-corrected chi connectivity index (χ3v) is 2.87. The van der Waals surface area contributed by atoms with Crippen LogP contribution in [0.2, 0.25) is 0 Å². The van der Waals surface area contributed by atoms with E-state index in [1.54, 1.807) is 12.4 Å². The second-order valence-electron chi connectivity index (χ2n) is 3.88. The van der Waals surface area contributed by atoms with Crippen molar-refractivity contribution in [1.29, 1.82) is 0 Å². The Morgan fingerprint density at radius 1 is 1.54 bits per heavy atom. The summed E-state index contributed by atoms with van der Waals surface area (Å²) >= 11 is 0. The molecule has 13 heavy (non-hydrogen) atoms. The molecule has 1 aliphatic rings. The van der Waals surface area contributed by atoms with Gasteiger partial charge in [0.15, 0.2) is 0 Å². The van der Waals surface area contributed by atoms with Crippen LogP contribution >= 0.6 is 0 Å². The van der Waals surface area contributed by atoms with Gasteiger partial charge in [0.2, 0.25) is 0 Å². The molecule has 3 nitrogen and oxygen atoms in total. The van der Waals surface area contributed by atoms with Crippen molar-refractivity contribution in [2.45, 2.75) is 38.2 Å². The molecule has 1 aliphatic carbocycles. The lowest BCUT2D eigenvalue weighted by Gasteiger charge is -2.12. The molecular formula is C10H16N2O. The third kappa shape index (κ3) is 2.10. The Morgan fingerprint density at radius 2 is 2.31 bits per heavy atom. The fourth-order valence-corrected chi connectivity index (χ4v) is 2.13. The topological polar surface area (TPSA) is 48.9 Å². The zero-order valence-electron chi connectivity index (χ0n) is 7.74. The molecule has 0 radical (unpaired) electrons. The minimum absolute atomic E-state index is 0.391. The molecule has 0 amide bonds. The van der Waals surface area contributed by atoms with Gasteiger partial charge in [-0.15, -0.1) is 0 Å². The number of aliphatic hydroxyl groups is 1. The van der Waals surface area contributed by atoms with Crippen LogP contribution in [0.15, 0.2) is 12.4 Å². The Labute approximate surface area is 78.2 Å². The Morgan fingerprint density at radius 3 is 2.92 bits per heavy atom. The lowest BCUT2D eigenvalue weighted by molar-refractivity contribution is 0.137. The number of hydrogen-bond donors (Lipinski definition) is 2. The highest BCUT2D eigenvalue weighted by atomic mass is 16.3. The molecule has 1 fully saturated rings. The molecule has 1 atom stereocenters. The molecule has 1 aromatic heterocycles. The van der Waals surface area contributed by atoms with Crippen LogP contribution in [0, 0.1) is 5.92 Å². The van der Waals surface area contributed by atoms with E-state index in [0.29, 0.717) is 11.7 Å². The first-order chi connectivity index (χ1) is 6.36. The summed E-state index contributed by atoms with van der Waals surface area (Å²) in [5.74, 6) is 1.42. The molecule has 1 saturated carbocycles. The molecule has 0 saturated heterocycles. The maximum absolute atomic E-state index is 9.78. The molecule has 2 N–H and O–H groups in total. The fraction of sp³-hybridized carbons (Fsp3) is 0.700. The minimum atomic E-state index is -0.391. The van der Waals surface area contributed by atoms with Crippen molar-refractivity contribution in [3.05, 3.63) is 18.2 Å². The van der Waals surface area contributed by atoms with Crippen molar-refractivity contribution in [2.24, 2.45) is 5.92 Å². The van der Waals surface area contributed by atoms with Crippen LogP contribution in [0.5, 0.6) is 0 Å². The van der Waals surface area contributed by atoms with Crippen molar-refractivity contribution >= 4 is 0 Å². The van der Waals surface area contributed by atoms with Gasteiger partial charge in [-0.2, -0.15) is 0 Å². The summed E-state index contributed by atoms with van der Waals surface area (Å²) in [5.41, 5.74) is 0. The Kier molecular flexibility index (Phi) is 2.64. The Balaban J connectivity index is 1.87. The van der Waals surface area contributed by atoms with Gasteiger partial charge >= 0.3 is 0 Å². The Bertz CT molecular complexity index is 239. The SMILES string of the molecule is OC(CC1CCCC1)c1ncc[nH]1. The smallest absolute Gasteiger partial charge is 0.135 e. The van der Waals surface area contributed by atoms with E-state index >= 15 is 0 Å². The second-order valence-corrected chi connectivity index (χ2v) is 3.88. The van der Waals surface area contributed by atoms with Gasteiger partial charge in [-0.25, -0.2) is 4.98 Å². The number of imidazole rings is 1. The molecule has 72 valence electrons. The minimum Gasteiger partial charge on any atom is -0.385 e. The summed E-state index contributed by atoms with van der Waals surface area (Å²) in [4.78, 5) is 7.00. The van der Waals surface area contributed by atoms with Gasteiger partial charge in [0.25, 0.3) is 0 Å². The molecule has 1 aromatic rings. The molecule has 1 unspecified atom stereocenters. The number of nitrogens with zero attached hydrogens (tertiary/aromatic N) is 1. The maximum Gasteiger partial charge on any atom is 0.135 e. The number of rotatable bonds is 3. The number of aromatic nitrogens is 2. The van der Waals surface area contributed by atoms with Gasteiger partial charge in [-0.1, -0.05) is 25.7 Å². The summed E-state index contributed by atoms with van der Waals surface area (Å²) in [6.07, 6.45) is 9.13. The molecule has 0 aliphatic heterocycles. The molecule has 0 bridgehead atoms. The molecular weight excluding hydrogens is 164 g/mol. The first-order valence-electron chi connectivity index (χ1n) is 5.03. The Hall–Kier alpha value is -0.830. The van der Waals surface area contributed by atoms with Crippen molar-refractivity contribution < 1.29 is 5.11 Å². The summed E-state index contributed by atoms with van der Waals surface area (Å²) in [5, 5.41) is 9.78. The quantitative estimate of drug-likeness (QED) is 0.747. The summed E-state index contributed by atoms with van der Waals surface area (Å²) in [7, 11) is 0. The number of H-pyrrole nitrogens is 1. The largest absolute Gasteiger partial charge is 0.385 e. The van der Waals surface area contributed by atoms with Crippen molar-refractivity contribution in [3.63, 3.8) is 0 Å². The zero-order chi connectivity index (χ0) is 9.10. The van der Waals surface area contributed by atoms with Crippen molar-refractivity contribution in [1.82, 2.24) is 9.97 Å². The van der Waals surface area contributed by atoms with Gasteiger partial charge in [-0.05, 0) is 12.3 Å². The number of hydrogen-bond acceptors (Lipinski definition) is 2. The average Bonchev–Trinajstić information content (AvgIpc) is 2.74.